The topological polar surface area (TPSA) is 108 Å². The van der Waals surface area contributed by atoms with Crippen LogP contribution in [0, 0.1) is 41.4 Å². The highest BCUT2D eigenvalue weighted by atomic mass is 16.7. The van der Waals surface area contributed by atoms with Crippen LogP contribution < -0.4 is 0 Å². The van der Waals surface area contributed by atoms with Crippen molar-refractivity contribution in [2.75, 3.05) is 6.61 Å². The minimum atomic E-state index is -1.24. The first-order valence-electron chi connectivity index (χ1n) is 17.3. The van der Waals surface area contributed by atoms with Crippen molar-refractivity contribution in [3.8, 4) is 0 Å². The van der Waals surface area contributed by atoms with Gasteiger partial charge < -0.3 is 23.7 Å². The van der Waals surface area contributed by atoms with E-state index in [1.165, 1.54) is 12.0 Å². The molecule has 0 amide bonds. The molecule has 1 aliphatic heterocycles. The van der Waals surface area contributed by atoms with Crippen molar-refractivity contribution < 1.29 is 33.3 Å². The van der Waals surface area contributed by atoms with E-state index in [-0.39, 0.29) is 53.9 Å². The van der Waals surface area contributed by atoms with E-state index in [4.69, 9.17) is 23.6 Å². The largest absolute Gasteiger partial charge is 0.467 e. The third kappa shape index (κ3) is 4.92. The first-order valence-corrected chi connectivity index (χ1v) is 17.3. The summed E-state index contributed by atoms with van der Waals surface area (Å²) in [5.41, 5.74) is 0.799. The molecule has 0 spiro atoms. The number of carbonyl (C=O) groups excluding carboxylic acids is 2. The summed E-state index contributed by atoms with van der Waals surface area (Å²) in [5.74, 6) is 0.853. The van der Waals surface area contributed by atoms with Gasteiger partial charge in [0.1, 0.15) is 17.7 Å². The second kappa shape index (κ2) is 11.6. The van der Waals surface area contributed by atoms with Gasteiger partial charge in [0.15, 0.2) is 18.5 Å². The average molecular weight is 620 g/mol. The summed E-state index contributed by atoms with van der Waals surface area (Å²) in [6, 6.07) is 1.93. The van der Waals surface area contributed by atoms with Crippen molar-refractivity contribution in [1.82, 2.24) is 0 Å². The average Bonchev–Trinajstić information content (AvgIpc) is 3.68. The smallest absolute Gasteiger partial charge is 0.306 e. The lowest BCUT2D eigenvalue weighted by Gasteiger charge is -2.59. The van der Waals surface area contributed by atoms with Crippen molar-refractivity contribution in [2.45, 2.75) is 122 Å². The molecule has 5 aliphatic carbocycles. The van der Waals surface area contributed by atoms with Gasteiger partial charge in [-0.05, 0) is 75.9 Å². The molecular weight excluding hydrogens is 570 g/mol. The van der Waals surface area contributed by atoms with Gasteiger partial charge in [-0.3, -0.25) is 9.59 Å². The Kier molecular flexibility index (Phi) is 8.01. The predicted octanol–water partition coefficient (Wildman–Crippen LogP) is 6.95. The van der Waals surface area contributed by atoms with Crippen molar-refractivity contribution in [2.24, 2.45) is 39.5 Å². The standard InChI is InChI=1S/C37H49NO7/c1-5-9-32(41)43-21-30(40)37-31(44-34(45-37)23-10-7-6-8-11-23)18-28-27-13-12-24-17-25(38-26-16-22(2)42-20-26)14-15-35(24,3)33(27)29(39)19-36(28,37)4/h14-17,20,23,27-29,31,33-34,39H,5-13,18-19,21H2,1-4H3/t27-,28-,29-,31+,33+,34?,35-,36-,37+/m0/s1. The maximum atomic E-state index is 14.4. The molecule has 1 saturated heterocycles. The summed E-state index contributed by atoms with van der Waals surface area (Å²) in [6.45, 7) is 7.93. The van der Waals surface area contributed by atoms with Crippen molar-refractivity contribution in [1.29, 1.82) is 0 Å². The number of ketones is 1. The van der Waals surface area contributed by atoms with Gasteiger partial charge in [0, 0.05) is 35.2 Å². The zero-order chi connectivity index (χ0) is 31.6. The molecule has 1 unspecified atom stereocenters. The Balaban J connectivity index is 1.19. The van der Waals surface area contributed by atoms with Crippen LogP contribution in [0.1, 0.15) is 97.2 Å². The second-order valence-electron chi connectivity index (χ2n) is 15.1. The minimum Gasteiger partial charge on any atom is -0.467 e. The van der Waals surface area contributed by atoms with Crippen LogP contribution in [0.15, 0.2) is 45.5 Å². The number of hydrogen-bond acceptors (Lipinski definition) is 8. The van der Waals surface area contributed by atoms with Crippen LogP contribution in [0.4, 0.5) is 5.69 Å². The van der Waals surface area contributed by atoms with E-state index in [2.05, 4.69) is 32.1 Å². The summed E-state index contributed by atoms with van der Waals surface area (Å²) in [7, 11) is 0. The van der Waals surface area contributed by atoms with Gasteiger partial charge in [0.05, 0.1) is 17.9 Å². The predicted molar refractivity (Wildman–Crippen MR) is 169 cm³/mol. The molecule has 0 bridgehead atoms. The number of aliphatic hydroxyl groups excluding tert-OH is 1. The summed E-state index contributed by atoms with van der Waals surface area (Å²) < 4.78 is 24.7. The molecule has 9 atom stereocenters. The Hall–Kier alpha value is -2.55. The number of nitrogens with zero attached hydrogens (tertiary/aromatic N) is 1. The van der Waals surface area contributed by atoms with Crippen molar-refractivity contribution in [3.05, 3.63) is 41.9 Å². The highest BCUT2D eigenvalue weighted by molar-refractivity contribution is 6.07. The lowest BCUT2D eigenvalue weighted by atomic mass is 9.46. The number of carbonyl (C=O) groups is 2. The molecule has 5 fully saturated rings. The molecule has 8 nitrogen and oxygen atoms in total. The van der Waals surface area contributed by atoms with E-state index in [1.54, 1.807) is 6.26 Å². The number of ether oxygens (including phenoxy) is 3. The number of aryl methyl sites for hydroxylation is 1. The number of esters is 1. The zero-order valence-electron chi connectivity index (χ0n) is 27.3. The van der Waals surface area contributed by atoms with Gasteiger partial charge in [-0.1, -0.05) is 51.7 Å². The van der Waals surface area contributed by atoms with Crippen LogP contribution in [0.3, 0.4) is 0 Å². The van der Waals surface area contributed by atoms with Gasteiger partial charge in [0.2, 0.25) is 5.78 Å². The molecule has 2 heterocycles. The highest BCUT2D eigenvalue weighted by Crippen LogP contribution is 2.70. The van der Waals surface area contributed by atoms with Gasteiger partial charge in [-0.25, -0.2) is 4.99 Å². The monoisotopic (exact) mass is 619 g/mol. The Morgan fingerprint density at radius 3 is 2.69 bits per heavy atom. The summed E-state index contributed by atoms with van der Waals surface area (Å²) in [6.07, 6.45) is 16.2. The zero-order valence-corrected chi connectivity index (χ0v) is 27.3. The van der Waals surface area contributed by atoms with Crippen LogP contribution in [-0.2, 0) is 23.8 Å². The van der Waals surface area contributed by atoms with Crippen molar-refractivity contribution in [3.63, 3.8) is 0 Å². The molecule has 6 aliphatic rings. The number of hydrogen-bond donors (Lipinski definition) is 1. The van der Waals surface area contributed by atoms with Gasteiger partial charge in [-0.15, -0.1) is 0 Å². The number of Topliss-reactive ketones (excluding diaryl/α,β-unsaturated/α-hetero) is 1. The Morgan fingerprint density at radius 2 is 1.96 bits per heavy atom. The number of fused-ring (bicyclic) bond motifs is 7. The van der Waals surface area contributed by atoms with Crippen LogP contribution in [0.2, 0.25) is 0 Å². The molecule has 7 rings (SSSR count). The number of furan rings is 1. The fraction of sp³-hybridized carbons (Fsp3) is 0.703. The van der Waals surface area contributed by atoms with Crippen molar-refractivity contribution >= 4 is 23.2 Å². The first-order chi connectivity index (χ1) is 21.6. The van der Waals surface area contributed by atoms with Crippen LogP contribution in [0.25, 0.3) is 0 Å². The van der Waals surface area contributed by atoms with E-state index in [0.717, 1.165) is 55.7 Å². The Bertz CT molecular complexity index is 1420. The lowest BCUT2D eigenvalue weighted by molar-refractivity contribution is -0.210. The third-order valence-corrected chi connectivity index (χ3v) is 12.5. The molecular formula is C37H49NO7. The molecule has 1 N–H and O–H groups in total. The van der Waals surface area contributed by atoms with E-state index in [0.29, 0.717) is 19.3 Å². The lowest BCUT2D eigenvalue weighted by Crippen LogP contribution is -2.63. The van der Waals surface area contributed by atoms with Gasteiger partial charge in [0.25, 0.3) is 0 Å². The van der Waals surface area contributed by atoms with E-state index in [1.807, 2.05) is 19.9 Å². The van der Waals surface area contributed by atoms with E-state index >= 15 is 0 Å². The minimum absolute atomic E-state index is 0.00652. The van der Waals surface area contributed by atoms with Crippen LogP contribution >= 0.6 is 0 Å². The molecule has 1 aromatic rings. The molecule has 45 heavy (non-hydrogen) atoms. The highest BCUT2D eigenvalue weighted by Gasteiger charge is 2.76. The fourth-order valence-electron chi connectivity index (χ4n) is 10.5. The number of aliphatic imine (C=N–C) groups is 1. The number of aliphatic hydroxyl groups is 1. The third-order valence-electron chi connectivity index (χ3n) is 12.5. The molecule has 1 aromatic heterocycles. The summed E-state index contributed by atoms with van der Waals surface area (Å²) >= 11 is 0. The Morgan fingerprint density at radius 1 is 1.16 bits per heavy atom. The van der Waals surface area contributed by atoms with Crippen LogP contribution in [-0.4, -0.2) is 53.3 Å². The molecule has 0 radical (unpaired) electrons. The van der Waals surface area contributed by atoms with E-state index < -0.39 is 29.5 Å². The molecule has 4 saturated carbocycles. The second-order valence-corrected chi connectivity index (χ2v) is 15.1. The summed E-state index contributed by atoms with van der Waals surface area (Å²) in [5, 5.41) is 12.1. The number of allylic oxidation sites excluding steroid dienone is 4. The Labute approximate surface area is 266 Å². The number of rotatable bonds is 7. The van der Waals surface area contributed by atoms with Gasteiger partial charge >= 0.3 is 5.97 Å². The quantitative estimate of drug-likeness (QED) is 0.329. The fourth-order valence-corrected chi connectivity index (χ4v) is 10.5. The normalized spacial score (nSPS) is 41.6. The summed E-state index contributed by atoms with van der Waals surface area (Å²) in [4.78, 5) is 31.5. The maximum absolute atomic E-state index is 14.4. The first kappa shape index (κ1) is 31.1. The van der Waals surface area contributed by atoms with E-state index in [9.17, 15) is 14.7 Å². The van der Waals surface area contributed by atoms with Gasteiger partial charge in [-0.2, -0.15) is 0 Å². The maximum Gasteiger partial charge on any atom is 0.306 e. The SMILES string of the molecule is CCCC(=O)OCC(=O)[C@@]12OC(C3CCCCC3)O[C@@H]1C[C@H]1[C@@H]3CCC4=CC(=Nc5coc(C)c5)C=C[C@]4(C)[C@H]3[C@@H](O)C[C@@]12C. The van der Waals surface area contributed by atoms with Crippen LogP contribution in [0.5, 0.6) is 0 Å². The molecule has 0 aromatic carbocycles. The molecule has 8 heteroatoms. The molecule has 244 valence electrons.